The maximum Gasteiger partial charge on any atom is 0.150 e. The summed E-state index contributed by atoms with van der Waals surface area (Å²) in [5.41, 5.74) is 8.02. The lowest BCUT2D eigenvalue weighted by Crippen LogP contribution is -1.96. The first-order chi connectivity index (χ1) is 12.7. The highest BCUT2D eigenvalue weighted by Crippen LogP contribution is 2.42. The van der Waals surface area contributed by atoms with E-state index in [2.05, 4.69) is 0 Å². The summed E-state index contributed by atoms with van der Waals surface area (Å²) in [4.78, 5) is 11.6. The second kappa shape index (κ2) is 6.92. The van der Waals surface area contributed by atoms with Gasteiger partial charge in [0.1, 0.15) is 17.8 Å². The zero-order chi connectivity index (χ0) is 19.9. The number of carbonyl (C=O) groups excluding carboxylic acids is 1. The van der Waals surface area contributed by atoms with Crippen LogP contribution >= 0.6 is 0 Å². The molecule has 0 atom stereocenters. The van der Waals surface area contributed by atoms with Gasteiger partial charge in [0.15, 0.2) is 0 Å². The molecule has 0 amide bonds. The number of hydrogen-bond donors (Lipinski definition) is 2. The Labute approximate surface area is 159 Å². The van der Waals surface area contributed by atoms with E-state index >= 15 is 0 Å². The highest BCUT2D eigenvalue weighted by molar-refractivity contribution is 5.90. The van der Waals surface area contributed by atoms with Crippen LogP contribution in [0.3, 0.4) is 0 Å². The van der Waals surface area contributed by atoms with Crippen LogP contribution in [0.5, 0.6) is 11.5 Å². The van der Waals surface area contributed by atoms with Gasteiger partial charge in [-0.15, -0.1) is 0 Å². The minimum absolute atomic E-state index is 0.211. The molecule has 2 N–H and O–H groups in total. The summed E-state index contributed by atoms with van der Waals surface area (Å²) in [5, 5.41) is 21.3. The Morgan fingerprint density at radius 1 is 0.630 bits per heavy atom. The number of phenolic OH excluding ortho intramolecular Hbond substituents is 2. The van der Waals surface area contributed by atoms with Gasteiger partial charge >= 0.3 is 0 Å². The van der Waals surface area contributed by atoms with Crippen molar-refractivity contribution < 1.29 is 15.0 Å². The molecule has 0 saturated carbocycles. The maximum atomic E-state index is 11.6. The van der Waals surface area contributed by atoms with E-state index in [4.69, 9.17) is 0 Å². The molecule has 0 radical (unpaired) electrons. The average Bonchev–Trinajstić information content (AvgIpc) is 2.61. The normalized spacial score (nSPS) is 10.9. The van der Waals surface area contributed by atoms with Crippen LogP contribution in [-0.2, 0) is 0 Å². The molecule has 0 saturated heterocycles. The summed E-state index contributed by atoms with van der Waals surface area (Å²) in [6, 6.07) is 11.3. The highest BCUT2D eigenvalue weighted by Gasteiger charge is 2.18. The highest BCUT2D eigenvalue weighted by atomic mass is 16.3. The Morgan fingerprint density at radius 2 is 1.04 bits per heavy atom. The fraction of sp³-hybridized carbons (Fsp3) is 0.208. The summed E-state index contributed by atoms with van der Waals surface area (Å²) in [6.45, 7) is 9.63. The molecule has 0 aromatic heterocycles. The van der Waals surface area contributed by atoms with E-state index in [-0.39, 0.29) is 11.5 Å². The lowest BCUT2D eigenvalue weighted by molar-refractivity contribution is 0.112. The minimum atomic E-state index is 0.211. The molecule has 0 spiro atoms. The van der Waals surface area contributed by atoms with Crippen LogP contribution in [-0.4, -0.2) is 16.5 Å². The van der Waals surface area contributed by atoms with E-state index in [9.17, 15) is 15.0 Å². The zero-order valence-corrected chi connectivity index (χ0v) is 16.3. The molecule has 0 bridgehead atoms. The number of aryl methyl sites for hydroxylation is 4. The molecule has 0 unspecified atom stereocenters. The zero-order valence-electron chi connectivity index (χ0n) is 16.3. The quantitative estimate of drug-likeness (QED) is 0.582. The van der Waals surface area contributed by atoms with Crippen LogP contribution in [0.25, 0.3) is 22.3 Å². The Balaban J connectivity index is 2.38. The third kappa shape index (κ3) is 3.33. The predicted molar refractivity (Wildman–Crippen MR) is 110 cm³/mol. The van der Waals surface area contributed by atoms with Gasteiger partial charge in [0, 0.05) is 16.7 Å². The Hall–Kier alpha value is -3.07. The summed E-state index contributed by atoms with van der Waals surface area (Å²) in [7, 11) is 0. The van der Waals surface area contributed by atoms with Crippen LogP contribution in [0.1, 0.15) is 38.2 Å². The predicted octanol–water partition coefficient (Wildman–Crippen LogP) is 5.79. The first-order valence-corrected chi connectivity index (χ1v) is 8.94. The van der Waals surface area contributed by atoms with E-state index in [1.165, 1.54) is 0 Å². The van der Waals surface area contributed by atoms with Gasteiger partial charge in [-0.1, -0.05) is 12.1 Å². The lowest BCUT2D eigenvalue weighted by atomic mass is 9.88. The fourth-order valence-electron chi connectivity index (χ4n) is 3.69. The maximum absolute atomic E-state index is 11.6. The standard InChI is InChI=1S/C24H24O3/c1-13-6-15(3)23(26)21(8-13)19-10-18(12-25)11-20(17(19)5)22-9-14(2)7-16(4)24(22)27/h6-12,26-27H,1-5H3. The van der Waals surface area contributed by atoms with Crippen molar-refractivity contribution in [1.82, 2.24) is 0 Å². The summed E-state index contributed by atoms with van der Waals surface area (Å²) < 4.78 is 0. The third-order valence-electron chi connectivity index (χ3n) is 5.04. The van der Waals surface area contributed by atoms with E-state index in [0.717, 1.165) is 45.2 Å². The van der Waals surface area contributed by atoms with Gasteiger partial charge in [-0.2, -0.15) is 0 Å². The number of phenols is 2. The number of carbonyl (C=O) groups is 1. The average molecular weight is 360 g/mol. The largest absolute Gasteiger partial charge is 0.507 e. The smallest absolute Gasteiger partial charge is 0.150 e. The molecular formula is C24H24O3. The molecule has 0 fully saturated rings. The first kappa shape index (κ1) is 18.7. The Bertz CT molecular complexity index is 983. The van der Waals surface area contributed by atoms with Crippen molar-refractivity contribution >= 4 is 6.29 Å². The van der Waals surface area contributed by atoms with E-state index in [1.54, 1.807) is 12.1 Å². The van der Waals surface area contributed by atoms with Gasteiger partial charge in [-0.3, -0.25) is 4.79 Å². The SMILES string of the molecule is Cc1cc(C)c(O)c(-c2cc(C=O)cc(-c3cc(C)cc(C)c3O)c2C)c1. The van der Waals surface area contributed by atoms with Crippen molar-refractivity contribution in [1.29, 1.82) is 0 Å². The number of aromatic hydroxyl groups is 2. The van der Waals surface area contributed by atoms with Crippen molar-refractivity contribution in [2.75, 3.05) is 0 Å². The van der Waals surface area contributed by atoms with Gasteiger partial charge in [0.05, 0.1) is 0 Å². The van der Waals surface area contributed by atoms with Gasteiger partial charge < -0.3 is 10.2 Å². The molecule has 0 heterocycles. The van der Waals surface area contributed by atoms with Crippen LogP contribution in [0.15, 0.2) is 36.4 Å². The minimum Gasteiger partial charge on any atom is -0.507 e. The second-order valence-corrected chi connectivity index (χ2v) is 7.31. The molecule has 3 nitrogen and oxygen atoms in total. The summed E-state index contributed by atoms with van der Waals surface area (Å²) in [6.07, 6.45) is 0.797. The second-order valence-electron chi connectivity index (χ2n) is 7.31. The number of hydrogen-bond acceptors (Lipinski definition) is 3. The number of benzene rings is 3. The molecule has 27 heavy (non-hydrogen) atoms. The Kier molecular flexibility index (Phi) is 4.79. The van der Waals surface area contributed by atoms with Crippen molar-refractivity contribution in [3.8, 4) is 33.8 Å². The van der Waals surface area contributed by atoms with E-state index in [0.29, 0.717) is 16.7 Å². The van der Waals surface area contributed by atoms with Crippen molar-refractivity contribution in [2.45, 2.75) is 34.6 Å². The molecule has 3 aromatic carbocycles. The topological polar surface area (TPSA) is 57.5 Å². The van der Waals surface area contributed by atoms with Crippen molar-refractivity contribution in [2.24, 2.45) is 0 Å². The van der Waals surface area contributed by atoms with Crippen LogP contribution in [0.2, 0.25) is 0 Å². The van der Waals surface area contributed by atoms with Crippen molar-refractivity contribution in [3.63, 3.8) is 0 Å². The molecule has 138 valence electrons. The van der Waals surface area contributed by atoms with E-state index in [1.807, 2.05) is 58.9 Å². The molecule has 0 aliphatic heterocycles. The summed E-state index contributed by atoms with van der Waals surface area (Å²) in [5.74, 6) is 0.421. The van der Waals surface area contributed by atoms with Gasteiger partial charge in [0.25, 0.3) is 0 Å². The van der Waals surface area contributed by atoms with Gasteiger partial charge in [0.2, 0.25) is 0 Å². The van der Waals surface area contributed by atoms with Crippen LogP contribution in [0.4, 0.5) is 0 Å². The number of rotatable bonds is 3. The molecule has 0 aliphatic carbocycles. The molecular weight excluding hydrogens is 336 g/mol. The first-order valence-electron chi connectivity index (χ1n) is 8.94. The molecule has 3 aromatic rings. The van der Waals surface area contributed by atoms with Crippen LogP contribution in [0, 0.1) is 34.6 Å². The summed E-state index contributed by atoms with van der Waals surface area (Å²) >= 11 is 0. The number of aldehydes is 1. The van der Waals surface area contributed by atoms with Crippen molar-refractivity contribution in [3.05, 3.63) is 69.8 Å². The van der Waals surface area contributed by atoms with Gasteiger partial charge in [-0.25, -0.2) is 0 Å². The lowest BCUT2D eigenvalue weighted by Gasteiger charge is -2.18. The third-order valence-corrected chi connectivity index (χ3v) is 5.04. The van der Waals surface area contributed by atoms with Gasteiger partial charge in [-0.05, 0) is 97.8 Å². The molecule has 3 heteroatoms. The molecule has 3 rings (SSSR count). The fourth-order valence-corrected chi connectivity index (χ4v) is 3.69. The monoisotopic (exact) mass is 360 g/mol. The van der Waals surface area contributed by atoms with E-state index < -0.39 is 0 Å². The van der Waals surface area contributed by atoms with Crippen LogP contribution < -0.4 is 0 Å². The Morgan fingerprint density at radius 3 is 1.41 bits per heavy atom. The molecule has 0 aliphatic rings.